The molecule has 0 fully saturated rings. The van der Waals surface area contributed by atoms with Gasteiger partial charge in [0.2, 0.25) is 5.91 Å². The number of aromatic amines is 1. The lowest BCUT2D eigenvalue weighted by Gasteiger charge is -2.07. The first kappa shape index (κ1) is 21.2. The standard InChI is InChI=1S/C21H16N4O3S3/c1-12(26)13-6-5-7-14(10-13)22-16(27)11-30-20-23-18-17(19(28)24-20)31-21(29)25(18)15-8-3-2-4-9-15/h2-10H,11H2,1H3,(H,22,27)(H,23,24,28). The molecule has 0 atom stereocenters. The fraction of sp³-hybridized carbons (Fsp3) is 0.0952. The number of rotatable bonds is 6. The maximum atomic E-state index is 12.5. The molecule has 2 N–H and O–H groups in total. The summed E-state index contributed by atoms with van der Waals surface area (Å²) in [7, 11) is 0. The Bertz CT molecular complexity index is 1410. The number of thioether (sulfide) groups is 1. The van der Waals surface area contributed by atoms with Crippen LogP contribution in [0.25, 0.3) is 16.0 Å². The van der Waals surface area contributed by atoms with E-state index in [-0.39, 0.29) is 23.0 Å². The molecule has 31 heavy (non-hydrogen) atoms. The molecule has 2 aromatic heterocycles. The van der Waals surface area contributed by atoms with Gasteiger partial charge in [-0.25, -0.2) is 4.98 Å². The number of hydrogen-bond acceptors (Lipinski definition) is 7. The number of amides is 1. The number of benzene rings is 2. The molecule has 0 saturated heterocycles. The first-order chi connectivity index (χ1) is 14.9. The molecule has 2 aromatic carbocycles. The van der Waals surface area contributed by atoms with Crippen molar-refractivity contribution >= 4 is 63.0 Å². The molecule has 7 nitrogen and oxygen atoms in total. The third kappa shape index (κ3) is 4.66. The van der Waals surface area contributed by atoms with E-state index in [1.807, 2.05) is 30.3 Å². The molecular weight excluding hydrogens is 452 g/mol. The Morgan fingerprint density at radius 3 is 2.71 bits per heavy atom. The minimum atomic E-state index is -0.298. The Balaban J connectivity index is 1.56. The van der Waals surface area contributed by atoms with E-state index in [1.54, 1.807) is 28.8 Å². The number of H-pyrrole nitrogens is 1. The number of thiazole rings is 1. The average Bonchev–Trinajstić information content (AvgIpc) is 3.09. The Kier molecular flexibility index (Phi) is 6.12. The summed E-state index contributed by atoms with van der Waals surface area (Å²) in [5.41, 5.74) is 2.03. The highest BCUT2D eigenvalue weighted by atomic mass is 32.2. The van der Waals surface area contributed by atoms with Crippen LogP contribution in [0.15, 0.2) is 64.5 Å². The van der Waals surface area contributed by atoms with Gasteiger partial charge < -0.3 is 10.3 Å². The normalized spacial score (nSPS) is 10.9. The Morgan fingerprint density at radius 1 is 1.19 bits per heavy atom. The second-order valence-electron chi connectivity index (χ2n) is 6.54. The van der Waals surface area contributed by atoms with E-state index in [9.17, 15) is 14.4 Å². The molecular formula is C21H16N4O3S3. The van der Waals surface area contributed by atoms with Gasteiger partial charge >= 0.3 is 0 Å². The number of Topliss-reactive ketones (excluding diaryl/α,β-unsaturated/α-hetero) is 1. The highest BCUT2D eigenvalue weighted by molar-refractivity contribution is 7.99. The van der Waals surface area contributed by atoms with Gasteiger partial charge in [0.1, 0.15) is 4.70 Å². The lowest BCUT2D eigenvalue weighted by atomic mass is 10.1. The molecule has 0 spiro atoms. The number of hydrogen-bond donors (Lipinski definition) is 2. The second-order valence-corrected chi connectivity index (χ2v) is 9.14. The van der Waals surface area contributed by atoms with Gasteiger partial charge in [0.25, 0.3) is 5.56 Å². The molecule has 1 amide bonds. The first-order valence-electron chi connectivity index (χ1n) is 9.17. The van der Waals surface area contributed by atoms with Gasteiger partial charge in [0.15, 0.2) is 20.5 Å². The fourth-order valence-corrected chi connectivity index (χ4v) is 4.84. The van der Waals surface area contributed by atoms with Gasteiger partial charge in [-0.2, -0.15) is 0 Å². The molecule has 0 unspecified atom stereocenters. The van der Waals surface area contributed by atoms with Crippen LogP contribution in [0.2, 0.25) is 0 Å². The van der Waals surface area contributed by atoms with Crippen molar-refractivity contribution in [2.75, 3.05) is 11.1 Å². The van der Waals surface area contributed by atoms with Crippen molar-refractivity contribution in [2.45, 2.75) is 12.1 Å². The van der Waals surface area contributed by atoms with E-state index in [1.165, 1.54) is 18.3 Å². The lowest BCUT2D eigenvalue weighted by molar-refractivity contribution is -0.113. The number of ketones is 1. The molecule has 0 aliphatic rings. The van der Waals surface area contributed by atoms with Crippen LogP contribution in [0, 0.1) is 3.95 Å². The molecule has 4 rings (SSSR count). The van der Waals surface area contributed by atoms with Crippen molar-refractivity contribution in [1.29, 1.82) is 0 Å². The Hall–Kier alpha value is -3.08. The predicted molar refractivity (Wildman–Crippen MR) is 126 cm³/mol. The van der Waals surface area contributed by atoms with E-state index in [4.69, 9.17) is 12.2 Å². The predicted octanol–water partition coefficient (Wildman–Crippen LogP) is 4.44. The number of nitrogens with one attached hydrogen (secondary N) is 2. The molecule has 2 heterocycles. The van der Waals surface area contributed by atoms with Gasteiger partial charge in [-0.3, -0.25) is 19.0 Å². The van der Waals surface area contributed by atoms with E-state index in [0.717, 1.165) is 17.4 Å². The van der Waals surface area contributed by atoms with Crippen LogP contribution in [0.1, 0.15) is 17.3 Å². The lowest BCUT2D eigenvalue weighted by Crippen LogP contribution is -2.16. The summed E-state index contributed by atoms with van der Waals surface area (Å²) in [4.78, 5) is 43.6. The SMILES string of the molecule is CC(=O)c1cccc(NC(=O)CSc2nc3c(sc(=S)n3-c3ccccc3)c(=O)[nH]2)c1. The molecule has 0 bridgehead atoms. The molecule has 156 valence electrons. The summed E-state index contributed by atoms with van der Waals surface area (Å²) < 4.78 is 2.70. The number of aromatic nitrogens is 3. The van der Waals surface area contributed by atoms with Gasteiger partial charge in [-0.1, -0.05) is 53.4 Å². The maximum absolute atomic E-state index is 12.5. The van der Waals surface area contributed by atoms with Crippen molar-refractivity contribution in [2.24, 2.45) is 0 Å². The van der Waals surface area contributed by atoms with E-state index in [2.05, 4.69) is 15.3 Å². The third-order valence-electron chi connectivity index (χ3n) is 4.33. The number of para-hydroxylation sites is 1. The Labute approximate surface area is 190 Å². The van der Waals surface area contributed by atoms with Gasteiger partial charge in [-0.05, 0) is 43.4 Å². The quantitative estimate of drug-likeness (QED) is 0.188. The van der Waals surface area contributed by atoms with Crippen molar-refractivity contribution < 1.29 is 9.59 Å². The largest absolute Gasteiger partial charge is 0.325 e. The zero-order valence-corrected chi connectivity index (χ0v) is 18.7. The maximum Gasteiger partial charge on any atom is 0.271 e. The zero-order chi connectivity index (χ0) is 22.0. The number of carbonyl (C=O) groups is 2. The van der Waals surface area contributed by atoms with E-state index in [0.29, 0.717) is 30.7 Å². The monoisotopic (exact) mass is 468 g/mol. The summed E-state index contributed by atoms with van der Waals surface area (Å²) in [6, 6.07) is 16.2. The van der Waals surface area contributed by atoms with Crippen LogP contribution in [-0.4, -0.2) is 32.0 Å². The van der Waals surface area contributed by atoms with Crippen LogP contribution in [0.4, 0.5) is 5.69 Å². The molecule has 0 radical (unpaired) electrons. The van der Waals surface area contributed by atoms with Crippen LogP contribution >= 0.6 is 35.3 Å². The van der Waals surface area contributed by atoms with Crippen molar-refractivity contribution in [1.82, 2.24) is 14.5 Å². The van der Waals surface area contributed by atoms with E-state index < -0.39 is 0 Å². The van der Waals surface area contributed by atoms with Gasteiger partial charge in [0, 0.05) is 16.9 Å². The summed E-state index contributed by atoms with van der Waals surface area (Å²) in [5.74, 6) is -0.322. The van der Waals surface area contributed by atoms with Crippen LogP contribution in [-0.2, 0) is 4.79 Å². The minimum absolute atomic E-state index is 0.0367. The second kappa shape index (κ2) is 8.96. The van der Waals surface area contributed by atoms with E-state index >= 15 is 0 Å². The summed E-state index contributed by atoms with van der Waals surface area (Å²) >= 11 is 7.75. The smallest absolute Gasteiger partial charge is 0.271 e. The summed E-state index contributed by atoms with van der Waals surface area (Å²) in [6.45, 7) is 1.47. The van der Waals surface area contributed by atoms with Crippen molar-refractivity contribution in [3.8, 4) is 5.69 Å². The number of carbonyl (C=O) groups excluding carboxylic acids is 2. The Morgan fingerprint density at radius 2 is 1.97 bits per heavy atom. The molecule has 10 heteroatoms. The molecule has 4 aromatic rings. The molecule has 0 saturated carbocycles. The third-order valence-corrected chi connectivity index (χ3v) is 6.56. The van der Waals surface area contributed by atoms with Crippen LogP contribution in [0.5, 0.6) is 0 Å². The van der Waals surface area contributed by atoms with Crippen molar-refractivity contribution in [3.05, 3.63) is 74.5 Å². The van der Waals surface area contributed by atoms with Gasteiger partial charge in [0.05, 0.1) is 5.75 Å². The fourth-order valence-electron chi connectivity index (χ4n) is 2.91. The zero-order valence-electron chi connectivity index (χ0n) is 16.2. The number of anilines is 1. The molecule has 0 aliphatic carbocycles. The van der Waals surface area contributed by atoms with Crippen LogP contribution < -0.4 is 10.9 Å². The number of nitrogens with zero attached hydrogens (tertiary/aromatic N) is 2. The van der Waals surface area contributed by atoms with Crippen LogP contribution in [0.3, 0.4) is 0 Å². The summed E-state index contributed by atoms with van der Waals surface area (Å²) in [5, 5.41) is 3.07. The highest BCUT2D eigenvalue weighted by Crippen LogP contribution is 2.24. The average molecular weight is 469 g/mol. The topological polar surface area (TPSA) is 96.8 Å². The summed E-state index contributed by atoms with van der Waals surface area (Å²) in [6.07, 6.45) is 0. The highest BCUT2D eigenvalue weighted by Gasteiger charge is 2.14. The van der Waals surface area contributed by atoms with Gasteiger partial charge in [-0.15, -0.1) is 0 Å². The minimum Gasteiger partial charge on any atom is -0.325 e. The first-order valence-corrected chi connectivity index (χ1v) is 11.4. The van der Waals surface area contributed by atoms with Crippen molar-refractivity contribution in [3.63, 3.8) is 0 Å². The number of fused-ring (bicyclic) bond motifs is 1. The molecule has 0 aliphatic heterocycles.